The number of fused-ring (bicyclic) bond motifs is 5. The molecule has 0 saturated carbocycles. The lowest BCUT2D eigenvalue weighted by atomic mass is 10.0. The third-order valence-electron chi connectivity index (χ3n) is 9.63. The van der Waals surface area contributed by atoms with Crippen LogP contribution < -0.4 is 21.3 Å². The number of carbonyl (C=O) groups excluding carboxylic acids is 5. The Morgan fingerprint density at radius 1 is 0.909 bits per heavy atom. The maximum atomic E-state index is 14.3. The summed E-state index contributed by atoms with van der Waals surface area (Å²) < 4.78 is 13.1. The predicted molar refractivity (Wildman–Crippen MR) is 198 cm³/mol. The lowest BCUT2D eigenvalue weighted by Gasteiger charge is -2.25. The van der Waals surface area contributed by atoms with Crippen molar-refractivity contribution in [3.63, 3.8) is 0 Å². The molecule has 1 saturated heterocycles. The quantitative estimate of drug-likeness (QED) is 0.196. The number of aromatic nitrogens is 4. The molecule has 3 aromatic heterocycles. The standard InChI is InChI=1S/C39H49N9O7/c1-7-48-32(16-25(46-48)13-21(2)3)36(52)41-26-17-31-35(51)43-28(15-24-11-9-8-10-12-24)38-44-29(19-55-38)34(50)42-27(14-22(4)5)33(49)40-23(6)37-45-30(20-54-37)39(53)47(31)18-26/h8-12,16,19-23,26-28,31H,7,13-15,17-18H2,1-6H3,(H,40,49)(H,41,52)(H,42,50)(H,43,51)/t23-,26+,27-,28+,31+/m1/s1. The van der Waals surface area contributed by atoms with Crippen LogP contribution in [0.3, 0.4) is 0 Å². The number of amides is 5. The van der Waals surface area contributed by atoms with Crippen molar-refractivity contribution in [1.82, 2.24) is 45.9 Å². The van der Waals surface area contributed by atoms with Gasteiger partial charge >= 0.3 is 0 Å². The molecule has 292 valence electrons. The minimum absolute atomic E-state index is 0.000187. The molecule has 2 aliphatic heterocycles. The first-order chi connectivity index (χ1) is 26.3. The topological polar surface area (TPSA) is 207 Å². The van der Waals surface area contributed by atoms with Gasteiger partial charge in [-0.15, -0.1) is 0 Å². The van der Waals surface area contributed by atoms with E-state index < -0.39 is 53.8 Å². The van der Waals surface area contributed by atoms with E-state index in [1.807, 2.05) is 51.1 Å². The van der Waals surface area contributed by atoms with Crippen LogP contribution in [0.2, 0.25) is 0 Å². The fraction of sp³-hybridized carbons (Fsp3) is 0.487. The third-order valence-corrected chi connectivity index (χ3v) is 9.63. The van der Waals surface area contributed by atoms with E-state index in [2.05, 4.69) is 50.2 Å². The van der Waals surface area contributed by atoms with Crippen LogP contribution in [-0.2, 0) is 29.0 Å². The van der Waals surface area contributed by atoms with Gasteiger partial charge in [0.25, 0.3) is 17.7 Å². The van der Waals surface area contributed by atoms with Crippen LogP contribution in [0.5, 0.6) is 0 Å². The molecule has 4 aromatic rings. The van der Waals surface area contributed by atoms with E-state index in [1.165, 1.54) is 17.4 Å². The number of nitrogens with one attached hydrogen (secondary N) is 4. The number of aryl methyl sites for hydroxylation is 1. The van der Waals surface area contributed by atoms with E-state index >= 15 is 0 Å². The molecule has 16 nitrogen and oxygen atoms in total. The summed E-state index contributed by atoms with van der Waals surface area (Å²) in [6.07, 6.45) is 3.75. The van der Waals surface area contributed by atoms with Crippen molar-refractivity contribution < 1.29 is 32.8 Å². The van der Waals surface area contributed by atoms with Gasteiger partial charge in [0.2, 0.25) is 23.6 Å². The largest absolute Gasteiger partial charge is 0.446 e. The van der Waals surface area contributed by atoms with Gasteiger partial charge in [0.05, 0.1) is 5.69 Å². The first-order valence-electron chi connectivity index (χ1n) is 18.8. The highest BCUT2D eigenvalue weighted by Gasteiger charge is 2.43. The highest BCUT2D eigenvalue weighted by molar-refractivity contribution is 5.98. The van der Waals surface area contributed by atoms with E-state index in [-0.39, 0.29) is 54.4 Å². The molecule has 0 unspecified atom stereocenters. The van der Waals surface area contributed by atoms with Crippen molar-refractivity contribution in [3.05, 3.63) is 89.0 Å². The van der Waals surface area contributed by atoms with Crippen molar-refractivity contribution in [2.24, 2.45) is 11.8 Å². The van der Waals surface area contributed by atoms with Gasteiger partial charge in [-0.05, 0) is 56.6 Å². The normalized spacial score (nSPS) is 22.2. The molecule has 5 atom stereocenters. The average molecular weight is 756 g/mol. The van der Waals surface area contributed by atoms with Gasteiger partial charge in [-0.3, -0.25) is 28.7 Å². The highest BCUT2D eigenvalue weighted by atomic mass is 16.3. The fourth-order valence-corrected chi connectivity index (χ4v) is 7.00. The van der Waals surface area contributed by atoms with Crippen LogP contribution in [0.15, 0.2) is 57.8 Å². The summed E-state index contributed by atoms with van der Waals surface area (Å²) in [5.41, 5.74) is 1.90. The van der Waals surface area contributed by atoms with E-state index in [4.69, 9.17) is 8.83 Å². The minimum atomic E-state index is -1.05. The number of hydrogen-bond acceptors (Lipinski definition) is 10. The zero-order valence-electron chi connectivity index (χ0n) is 32.0. The summed E-state index contributed by atoms with van der Waals surface area (Å²) in [6, 6.07) is 6.93. The first-order valence-corrected chi connectivity index (χ1v) is 18.8. The van der Waals surface area contributed by atoms with Gasteiger partial charge in [-0.1, -0.05) is 58.0 Å². The Balaban J connectivity index is 1.34. The summed E-state index contributed by atoms with van der Waals surface area (Å²) >= 11 is 0. The Morgan fingerprint density at radius 2 is 1.62 bits per heavy atom. The lowest BCUT2D eigenvalue weighted by molar-refractivity contribution is -0.126. The monoisotopic (exact) mass is 755 g/mol. The van der Waals surface area contributed by atoms with E-state index in [1.54, 1.807) is 17.7 Å². The number of hydrogen-bond donors (Lipinski definition) is 4. The number of carbonyl (C=O) groups is 5. The molecule has 1 fully saturated rings. The Bertz CT molecular complexity index is 2020. The SMILES string of the molecule is CCn1nc(CC(C)C)cc1C(=O)N[C@H]1C[C@H]2C(=O)N[C@@H](Cc3ccccc3)c3nc(co3)C(=O)N[C@H](CC(C)C)C(=O)N[C@H](C)c3nc(co3)C(=O)N2C1. The van der Waals surface area contributed by atoms with Crippen molar-refractivity contribution in [2.45, 2.75) is 104 Å². The molecule has 5 heterocycles. The summed E-state index contributed by atoms with van der Waals surface area (Å²) in [6.45, 7) is 12.0. The number of nitrogens with zero attached hydrogens (tertiary/aromatic N) is 5. The Kier molecular flexibility index (Phi) is 11.8. The molecule has 6 rings (SSSR count). The predicted octanol–water partition coefficient (Wildman–Crippen LogP) is 3.53. The third kappa shape index (κ3) is 9.12. The van der Waals surface area contributed by atoms with E-state index in [9.17, 15) is 24.0 Å². The molecule has 4 N–H and O–H groups in total. The first kappa shape index (κ1) is 38.9. The Labute approximate surface area is 319 Å². The molecule has 0 spiro atoms. The van der Waals surface area contributed by atoms with E-state index in [0.717, 1.165) is 11.3 Å². The molecule has 5 amide bonds. The molecule has 16 heteroatoms. The van der Waals surface area contributed by atoms with Crippen LogP contribution in [0, 0.1) is 11.8 Å². The van der Waals surface area contributed by atoms with Crippen LogP contribution in [0.4, 0.5) is 0 Å². The van der Waals surface area contributed by atoms with Gasteiger partial charge in [-0.25, -0.2) is 9.97 Å². The summed E-state index contributed by atoms with van der Waals surface area (Å²) in [5.74, 6) is -2.06. The van der Waals surface area contributed by atoms with Crippen LogP contribution >= 0.6 is 0 Å². The van der Waals surface area contributed by atoms with Crippen molar-refractivity contribution >= 4 is 29.5 Å². The van der Waals surface area contributed by atoms with Crippen molar-refractivity contribution in [2.75, 3.05) is 6.54 Å². The minimum Gasteiger partial charge on any atom is -0.446 e. The van der Waals surface area contributed by atoms with Gasteiger partial charge in [0.1, 0.15) is 42.4 Å². The zero-order valence-corrected chi connectivity index (χ0v) is 32.0. The van der Waals surface area contributed by atoms with Gasteiger partial charge in [0.15, 0.2) is 11.4 Å². The molecule has 0 radical (unpaired) electrons. The average Bonchev–Trinajstić information content (AvgIpc) is 3.97. The molecule has 2 aliphatic rings. The molecule has 1 aromatic carbocycles. The molecule has 0 aliphatic carbocycles. The number of rotatable bonds is 9. The van der Waals surface area contributed by atoms with Crippen molar-refractivity contribution in [3.8, 4) is 0 Å². The Hall–Kier alpha value is -5.80. The van der Waals surface area contributed by atoms with Gasteiger partial charge < -0.3 is 35.0 Å². The second-order valence-corrected chi connectivity index (χ2v) is 15.1. The van der Waals surface area contributed by atoms with Gasteiger partial charge in [-0.2, -0.15) is 5.10 Å². The second kappa shape index (κ2) is 16.7. The molecule has 55 heavy (non-hydrogen) atoms. The maximum absolute atomic E-state index is 14.3. The maximum Gasteiger partial charge on any atom is 0.276 e. The number of oxazole rings is 2. The number of benzene rings is 1. The summed E-state index contributed by atoms with van der Waals surface area (Å²) in [5, 5.41) is 16.2. The zero-order chi connectivity index (χ0) is 39.4. The van der Waals surface area contributed by atoms with Gasteiger partial charge in [0, 0.05) is 25.6 Å². The summed E-state index contributed by atoms with van der Waals surface area (Å²) in [4.78, 5) is 79.4. The molecule has 4 bridgehead atoms. The fourth-order valence-electron chi connectivity index (χ4n) is 7.00. The Morgan fingerprint density at radius 3 is 2.33 bits per heavy atom. The van der Waals surface area contributed by atoms with E-state index in [0.29, 0.717) is 31.0 Å². The van der Waals surface area contributed by atoms with Crippen molar-refractivity contribution in [1.29, 1.82) is 0 Å². The lowest BCUT2D eigenvalue weighted by Crippen LogP contribution is -2.48. The molecular weight excluding hydrogens is 706 g/mol. The molecular formula is C39H49N9O7. The van der Waals surface area contributed by atoms with Crippen LogP contribution in [0.1, 0.15) is 121 Å². The van der Waals surface area contributed by atoms with Crippen LogP contribution in [-0.4, -0.2) is 78.9 Å². The summed E-state index contributed by atoms with van der Waals surface area (Å²) in [7, 11) is 0. The second-order valence-electron chi connectivity index (χ2n) is 15.1. The smallest absolute Gasteiger partial charge is 0.276 e. The highest BCUT2D eigenvalue weighted by Crippen LogP contribution is 2.26. The van der Waals surface area contributed by atoms with Crippen LogP contribution in [0.25, 0.3) is 0 Å².